The molecule has 3 aromatic rings. The molecular weight excluding hydrogens is 400 g/mol. The fourth-order valence-electron chi connectivity index (χ4n) is 4.18. The summed E-state index contributed by atoms with van der Waals surface area (Å²) in [4.78, 5) is 41.8. The van der Waals surface area contributed by atoms with Crippen molar-refractivity contribution in [3.05, 3.63) is 82.9 Å². The Labute approximate surface area is 188 Å². The normalized spacial score (nSPS) is 13.9. The van der Waals surface area contributed by atoms with Crippen molar-refractivity contribution in [2.75, 3.05) is 26.2 Å². The molecule has 0 N–H and O–H groups in total. The lowest BCUT2D eigenvalue weighted by atomic mass is 10.0. The molecule has 0 aromatic heterocycles. The van der Waals surface area contributed by atoms with Crippen LogP contribution in [0.25, 0.3) is 10.8 Å². The van der Waals surface area contributed by atoms with Gasteiger partial charge in [0.2, 0.25) is 5.91 Å². The van der Waals surface area contributed by atoms with Crippen molar-refractivity contribution in [2.24, 2.45) is 0 Å². The molecule has 164 valence electrons. The van der Waals surface area contributed by atoms with Crippen molar-refractivity contribution >= 4 is 28.4 Å². The van der Waals surface area contributed by atoms with Crippen LogP contribution in [0.15, 0.2) is 60.7 Å². The first-order valence-electron chi connectivity index (χ1n) is 11.1. The lowest BCUT2D eigenvalue weighted by molar-refractivity contribution is -0.132. The fraction of sp³-hybridized carbons (Fsp3) is 0.296. The predicted octanol–water partition coefficient (Wildman–Crippen LogP) is 4.40. The Bertz CT molecular complexity index is 1170. The second-order valence-electron chi connectivity index (χ2n) is 8.42. The van der Waals surface area contributed by atoms with Crippen LogP contribution in [0.5, 0.6) is 0 Å². The Morgan fingerprint density at radius 2 is 1.44 bits per heavy atom. The van der Waals surface area contributed by atoms with Gasteiger partial charge >= 0.3 is 0 Å². The summed E-state index contributed by atoms with van der Waals surface area (Å²) < 4.78 is 0. The zero-order valence-corrected chi connectivity index (χ0v) is 18.6. The highest BCUT2D eigenvalue weighted by Crippen LogP contribution is 2.21. The molecule has 1 heterocycles. The van der Waals surface area contributed by atoms with Crippen LogP contribution in [0.2, 0.25) is 0 Å². The molecule has 0 bridgehead atoms. The molecule has 0 atom stereocenters. The van der Waals surface area contributed by atoms with E-state index >= 15 is 0 Å². The van der Waals surface area contributed by atoms with E-state index in [1.165, 1.54) is 0 Å². The van der Waals surface area contributed by atoms with Gasteiger partial charge in [0, 0.05) is 50.1 Å². The molecule has 5 heteroatoms. The quantitative estimate of drug-likeness (QED) is 0.566. The molecule has 1 fully saturated rings. The minimum atomic E-state index is -0.0283. The number of rotatable bonds is 5. The molecule has 1 saturated heterocycles. The maximum atomic E-state index is 13.1. The summed E-state index contributed by atoms with van der Waals surface area (Å²) in [5, 5.41) is 1.99. The van der Waals surface area contributed by atoms with Gasteiger partial charge in [-0.05, 0) is 47.9 Å². The van der Waals surface area contributed by atoms with E-state index in [-0.39, 0.29) is 30.4 Å². The van der Waals surface area contributed by atoms with Crippen LogP contribution >= 0.6 is 0 Å². The number of carbonyl (C=O) groups is 3. The van der Waals surface area contributed by atoms with E-state index < -0.39 is 0 Å². The number of piperazine rings is 1. The Morgan fingerprint density at radius 3 is 2.19 bits per heavy atom. The first kappa shape index (κ1) is 21.8. The van der Waals surface area contributed by atoms with E-state index in [4.69, 9.17) is 0 Å². The van der Waals surface area contributed by atoms with Crippen LogP contribution in [-0.4, -0.2) is 53.6 Å². The number of ketones is 1. The van der Waals surface area contributed by atoms with Crippen LogP contribution in [0, 0.1) is 13.8 Å². The number of carbonyl (C=O) groups excluding carboxylic acids is 3. The third-order valence-electron chi connectivity index (χ3n) is 6.33. The van der Waals surface area contributed by atoms with Gasteiger partial charge in [-0.25, -0.2) is 0 Å². The Kier molecular flexibility index (Phi) is 6.35. The summed E-state index contributed by atoms with van der Waals surface area (Å²) in [6, 6.07) is 19.3. The van der Waals surface area contributed by atoms with Gasteiger partial charge < -0.3 is 9.80 Å². The third kappa shape index (κ3) is 4.57. The molecule has 5 nitrogen and oxygen atoms in total. The van der Waals surface area contributed by atoms with Crippen LogP contribution in [0.1, 0.15) is 44.7 Å². The van der Waals surface area contributed by atoms with Gasteiger partial charge in [-0.1, -0.05) is 48.5 Å². The van der Waals surface area contributed by atoms with Gasteiger partial charge in [0.15, 0.2) is 5.78 Å². The van der Waals surface area contributed by atoms with Crippen molar-refractivity contribution in [1.29, 1.82) is 0 Å². The number of nitrogens with zero attached hydrogens (tertiary/aromatic N) is 2. The number of hydrogen-bond acceptors (Lipinski definition) is 3. The van der Waals surface area contributed by atoms with Crippen molar-refractivity contribution in [3.63, 3.8) is 0 Å². The average Bonchev–Trinajstić information content (AvgIpc) is 2.83. The van der Waals surface area contributed by atoms with Crippen molar-refractivity contribution in [1.82, 2.24) is 9.80 Å². The van der Waals surface area contributed by atoms with Gasteiger partial charge in [0.05, 0.1) is 0 Å². The molecule has 0 unspecified atom stereocenters. The molecule has 0 radical (unpaired) electrons. The molecule has 1 aliphatic heterocycles. The highest BCUT2D eigenvalue weighted by atomic mass is 16.2. The minimum absolute atomic E-state index is 0.00109. The topological polar surface area (TPSA) is 57.7 Å². The summed E-state index contributed by atoms with van der Waals surface area (Å²) in [5.41, 5.74) is 3.58. The predicted molar refractivity (Wildman–Crippen MR) is 126 cm³/mol. The first-order valence-corrected chi connectivity index (χ1v) is 11.1. The third-order valence-corrected chi connectivity index (χ3v) is 6.33. The largest absolute Gasteiger partial charge is 0.339 e. The highest BCUT2D eigenvalue weighted by molar-refractivity contribution is 6.07. The van der Waals surface area contributed by atoms with E-state index in [9.17, 15) is 14.4 Å². The van der Waals surface area contributed by atoms with Gasteiger partial charge in [-0.2, -0.15) is 0 Å². The van der Waals surface area contributed by atoms with E-state index in [0.29, 0.717) is 37.3 Å². The standard InChI is InChI=1S/C27H28N2O3/c1-19-10-11-22(18-20(19)2)25(30)12-13-26(31)28-14-16-29(17-15-28)27(32)24-9-5-7-21-6-3-4-8-23(21)24/h3-11,18H,12-17H2,1-2H3. The zero-order valence-electron chi connectivity index (χ0n) is 18.6. The van der Waals surface area contributed by atoms with Crippen LogP contribution in [0.3, 0.4) is 0 Å². The summed E-state index contributed by atoms with van der Waals surface area (Å²) in [7, 11) is 0. The van der Waals surface area contributed by atoms with Gasteiger partial charge in [0.1, 0.15) is 0 Å². The lowest BCUT2D eigenvalue weighted by Gasteiger charge is -2.35. The summed E-state index contributed by atoms with van der Waals surface area (Å²) in [5.74, 6) is -0.0375. The number of fused-ring (bicyclic) bond motifs is 1. The summed E-state index contributed by atoms with van der Waals surface area (Å²) >= 11 is 0. The number of Topliss-reactive ketones (excluding diaryl/α,β-unsaturated/α-hetero) is 1. The Balaban J connectivity index is 1.32. The molecule has 2 amide bonds. The SMILES string of the molecule is Cc1ccc(C(=O)CCC(=O)N2CCN(C(=O)c3cccc4ccccc34)CC2)cc1C. The average molecular weight is 429 g/mol. The second-order valence-corrected chi connectivity index (χ2v) is 8.42. The van der Waals surface area contributed by atoms with Crippen LogP contribution in [-0.2, 0) is 4.79 Å². The van der Waals surface area contributed by atoms with Crippen molar-refractivity contribution in [2.45, 2.75) is 26.7 Å². The number of benzene rings is 3. The van der Waals surface area contributed by atoms with Gasteiger partial charge in [-0.3, -0.25) is 14.4 Å². The summed E-state index contributed by atoms with van der Waals surface area (Å²) in [6.07, 6.45) is 0.402. The lowest BCUT2D eigenvalue weighted by Crippen LogP contribution is -2.50. The first-order chi connectivity index (χ1) is 15.4. The molecule has 4 rings (SSSR count). The maximum absolute atomic E-state index is 13.1. The Hall–Kier alpha value is -3.47. The maximum Gasteiger partial charge on any atom is 0.254 e. The highest BCUT2D eigenvalue weighted by Gasteiger charge is 2.26. The second kappa shape index (κ2) is 9.35. The number of amides is 2. The number of hydrogen-bond donors (Lipinski definition) is 0. The molecule has 0 aliphatic carbocycles. The summed E-state index contributed by atoms with van der Waals surface area (Å²) in [6.45, 7) is 5.98. The van der Waals surface area contributed by atoms with Crippen molar-refractivity contribution in [3.8, 4) is 0 Å². The molecule has 0 spiro atoms. The van der Waals surface area contributed by atoms with E-state index in [0.717, 1.165) is 21.9 Å². The molecule has 0 saturated carbocycles. The zero-order chi connectivity index (χ0) is 22.7. The monoisotopic (exact) mass is 428 g/mol. The van der Waals surface area contributed by atoms with E-state index in [2.05, 4.69) is 0 Å². The minimum Gasteiger partial charge on any atom is -0.339 e. The van der Waals surface area contributed by atoms with Crippen LogP contribution < -0.4 is 0 Å². The Morgan fingerprint density at radius 1 is 0.750 bits per heavy atom. The van der Waals surface area contributed by atoms with Crippen LogP contribution in [0.4, 0.5) is 0 Å². The molecule has 1 aliphatic rings. The smallest absolute Gasteiger partial charge is 0.254 e. The van der Waals surface area contributed by atoms with Gasteiger partial charge in [-0.15, -0.1) is 0 Å². The molecule has 32 heavy (non-hydrogen) atoms. The van der Waals surface area contributed by atoms with E-state index in [1.54, 1.807) is 4.90 Å². The van der Waals surface area contributed by atoms with Crippen molar-refractivity contribution < 1.29 is 14.4 Å². The fourth-order valence-corrected chi connectivity index (χ4v) is 4.18. The molecular formula is C27H28N2O3. The molecule has 3 aromatic carbocycles. The van der Waals surface area contributed by atoms with Gasteiger partial charge in [0.25, 0.3) is 5.91 Å². The number of aryl methyl sites for hydroxylation is 2. The van der Waals surface area contributed by atoms with E-state index in [1.807, 2.05) is 79.4 Å².